The van der Waals surface area contributed by atoms with Gasteiger partial charge in [0.15, 0.2) is 0 Å². The Balaban J connectivity index is 1.79. The number of carboxylic acids is 1. The summed E-state index contributed by atoms with van der Waals surface area (Å²) in [4.78, 5) is 23.7. The van der Waals surface area contributed by atoms with Crippen molar-refractivity contribution in [3.8, 4) is 0 Å². The lowest BCUT2D eigenvalue weighted by atomic mass is 10.1. The van der Waals surface area contributed by atoms with Crippen LogP contribution in [0, 0.1) is 0 Å². The lowest BCUT2D eigenvalue weighted by molar-refractivity contribution is -0.137. The van der Waals surface area contributed by atoms with Crippen LogP contribution in [0.1, 0.15) is 17.5 Å². The van der Waals surface area contributed by atoms with Gasteiger partial charge in [-0.15, -0.1) is 0 Å². The molecule has 0 aliphatic rings. The zero-order valence-electron chi connectivity index (χ0n) is 13.0. The molecule has 0 fully saturated rings. The average Bonchev–Trinajstić information content (AvgIpc) is 3.04. The maximum absolute atomic E-state index is 11.8. The quantitative estimate of drug-likeness (QED) is 0.811. The van der Waals surface area contributed by atoms with E-state index in [4.69, 9.17) is 5.11 Å². The van der Waals surface area contributed by atoms with Gasteiger partial charge >= 0.3 is 12.0 Å². The van der Waals surface area contributed by atoms with Gasteiger partial charge in [-0.1, -0.05) is 24.3 Å². The van der Waals surface area contributed by atoms with Crippen molar-refractivity contribution in [1.82, 2.24) is 20.0 Å². The summed E-state index contributed by atoms with van der Waals surface area (Å²) >= 11 is 0. The smallest absolute Gasteiger partial charge is 0.317 e. The number of carbonyl (C=O) groups is 2. The van der Waals surface area contributed by atoms with Crippen LogP contribution in [0.4, 0.5) is 4.79 Å². The topological polar surface area (TPSA) is 87.5 Å². The molecule has 0 spiro atoms. The summed E-state index contributed by atoms with van der Waals surface area (Å²) in [6.07, 6.45) is 3.58. The first-order valence-electron chi connectivity index (χ1n) is 7.30. The van der Waals surface area contributed by atoms with Crippen LogP contribution in [-0.2, 0) is 17.9 Å². The van der Waals surface area contributed by atoms with Crippen molar-refractivity contribution in [2.45, 2.75) is 19.5 Å². The number of amides is 2. The van der Waals surface area contributed by atoms with Gasteiger partial charge in [-0.3, -0.25) is 9.48 Å². The number of aromatic nitrogens is 2. The van der Waals surface area contributed by atoms with Crippen LogP contribution in [0.3, 0.4) is 0 Å². The van der Waals surface area contributed by atoms with E-state index in [1.54, 1.807) is 13.2 Å². The zero-order valence-corrected chi connectivity index (χ0v) is 13.0. The van der Waals surface area contributed by atoms with Gasteiger partial charge in [0.1, 0.15) is 0 Å². The van der Waals surface area contributed by atoms with Crippen LogP contribution in [0.5, 0.6) is 0 Å². The van der Waals surface area contributed by atoms with E-state index in [0.717, 1.165) is 11.1 Å². The van der Waals surface area contributed by atoms with Gasteiger partial charge < -0.3 is 15.3 Å². The molecule has 1 aromatic carbocycles. The molecule has 1 heterocycles. The van der Waals surface area contributed by atoms with E-state index in [2.05, 4.69) is 10.4 Å². The van der Waals surface area contributed by atoms with Crippen molar-refractivity contribution in [2.75, 3.05) is 13.6 Å². The molecule has 0 aliphatic heterocycles. The van der Waals surface area contributed by atoms with Gasteiger partial charge in [0, 0.05) is 32.5 Å². The number of nitrogens with one attached hydrogen (secondary N) is 1. The molecular weight excluding hydrogens is 296 g/mol. The Bertz CT molecular complexity index is 638. The lowest BCUT2D eigenvalue weighted by Crippen LogP contribution is -2.37. The highest BCUT2D eigenvalue weighted by Crippen LogP contribution is 2.06. The number of hydrogen-bond donors (Lipinski definition) is 2. The Hall–Kier alpha value is -2.83. The molecule has 122 valence electrons. The predicted molar refractivity (Wildman–Crippen MR) is 84.9 cm³/mol. The molecule has 0 unspecified atom stereocenters. The molecule has 23 heavy (non-hydrogen) atoms. The minimum absolute atomic E-state index is 0.0634. The summed E-state index contributed by atoms with van der Waals surface area (Å²) in [5.41, 5.74) is 2.11. The maximum atomic E-state index is 11.8. The summed E-state index contributed by atoms with van der Waals surface area (Å²) < 4.78 is 1.84. The molecular formula is C16H20N4O3. The van der Waals surface area contributed by atoms with Crippen LogP contribution in [0.25, 0.3) is 0 Å². The summed E-state index contributed by atoms with van der Waals surface area (Å²) in [6.45, 7) is 1.29. The second-order valence-electron chi connectivity index (χ2n) is 5.24. The highest BCUT2D eigenvalue weighted by atomic mass is 16.4. The van der Waals surface area contributed by atoms with Crippen LogP contribution in [0.2, 0.25) is 0 Å². The minimum Gasteiger partial charge on any atom is -0.481 e. The summed E-state index contributed by atoms with van der Waals surface area (Å²) in [5, 5.41) is 15.5. The second kappa shape index (κ2) is 7.98. The Morgan fingerprint density at radius 3 is 2.57 bits per heavy atom. The number of carbonyl (C=O) groups excluding carboxylic acids is 1. The van der Waals surface area contributed by atoms with Crippen LogP contribution in [-0.4, -0.2) is 45.4 Å². The van der Waals surface area contributed by atoms with Gasteiger partial charge in [-0.2, -0.15) is 5.10 Å². The van der Waals surface area contributed by atoms with Gasteiger partial charge in [0.25, 0.3) is 0 Å². The minimum atomic E-state index is -0.919. The molecule has 0 aliphatic carbocycles. The molecule has 0 saturated heterocycles. The Morgan fingerprint density at radius 2 is 1.96 bits per heavy atom. The Labute approximate surface area is 134 Å². The molecule has 2 amide bonds. The van der Waals surface area contributed by atoms with Gasteiger partial charge in [0.2, 0.25) is 0 Å². The Kier molecular flexibility index (Phi) is 5.74. The third kappa shape index (κ3) is 5.46. The molecule has 7 nitrogen and oxygen atoms in total. The lowest BCUT2D eigenvalue weighted by Gasteiger charge is -2.17. The van der Waals surface area contributed by atoms with Crippen molar-refractivity contribution >= 4 is 12.0 Å². The number of benzene rings is 1. The van der Waals surface area contributed by atoms with E-state index < -0.39 is 5.97 Å². The molecule has 0 bridgehead atoms. The molecule has 0 saturated carbocycles. The fourth-order valence-corrected chi connectivity index (χ4v) is 2.02. The number of hydrogen-bond acceptors (Lipinski definition) is 3. The van der Waals surface area contributed by atoms with Crippen LogP contribution < -0.4 is 5.32 Å². The molecule has 2 aromatic rings. The molecule has 2 rings (SSSR count). The van der Waals surface area contributed by atoms with Crippen molar-refractivity contribution < 1.29 is 14.7 Å². The van der Waals surface area contributed by atoms with E-state index in [-0.39, 0.29) is 19.0 Å². The normalized spacial score (nSPS) is 10.3. The fourth-order valence-electron chi connectivity index (χ4n) is 2.02. The highest BCUT2D eigenvalue weighted by Gasteiger charge is 2.09. The number of nitrogens with zero attached hydrogens (tertiary/aromatic N) is 3. The average molecular weight is 316 g/mol. The third-order valence-electron chi connectivity index (χ3n) is 3.38. The van der Waals surface area contributed by atoms with E-state index in [9.17, 15) is 9.59 Å². The molecule has 7 heteroatoms. The zero-order chi connectivity index (χ0) is 16.7. The van der Waals surface area contributed by atoms with Crippen molar-refractivity contribution in [1.29, 1.82) is 0 Å². The standard InChI is InChI=1S/C16H20N4O3/c1-19(10-7-15(21)22)16(23)17-11-13-3-5-14(6-4-13)12-20-9-2-8-18-20/h2-6,8-9H,7,10-12H2,1H3,(H,17,23)(H,21,22). The predicted octanol–water partition coefficient (Wildman–Crippen LogP) is 1.55. The van der Waals surface area contributed by atoms with Crippen LogP contribution >= 0.6 is 0 Å². The molecule has 1 aromatic heterocycles. The first-order valence-corrected chi connectivity index (χ1v) is 7.30. The highest BCUT2D eigenvalue weighted by molar-refractivity contribution is 5.75. The van der Waals surface area contributed by atoms with Crippen molar-refractivity contribution in [2.24, 2.45) is 0 Å². The summed E-state index contributed by atoms with van der Waals surface area (Å²) in [6, 6.07) is 9.50. The molecule has 0 atom stereocenters. The number of aliphatic carboxylic acids is 1. The van der Waals surface area contributed by atoms with E-state index in [0.29, 0.717) is 13.1 Å². The fraction of sp³-hybridized carbons (Fsp3) is 0.312. The summed E-state index contributed by atoms with van der Waals surface area (Å²) in [5.74, 6) is -0.919. The monoisotopic (exact) mass is 316 g/mol. The Morgan fingerprint density at radius 1 is 1.26 bits per heavy atom. The van der Waals surface area contributed by atoms with E-state index >= 15 is 0 Å². The first kappa shape index (κ1) is 16.5. The van der Waals surface area contributed by atoms with Crippen LogP contribution in [0.15, 0.2) is 42.7 Å². The number of urea groups is 1. The van der Waals surface area contributed by atoms with E-state index in [1.807, 2.05) is 41.2 Å². The van der Waals surface area contributed by atoms with Gasteiger partial charge in [0.05, 0.1) is 13.0 Å². The van der Waals surface area contributed by atoms with E-state index in [1.165, 1.54) is 4.90 Å². The maximum Gasteiger partial charge on any atom is 0.317 e. The van der Waals surface area contributed by atoms with Crippen molar-refractivity contribution in [3.63, 3.8) is 0 Å². The molecule has 0 radical (unpaired) electrons. The SMILES string of the molecule is CN(CCC(=O)O)C(=O)NCc1ccc(Cn2cccn2)cc1. The number of rotatable bonds is 7. The number of carboxylic acid groups (broad SMARTS) is 1. The summed E-state index contributed by atoms with van der Waals surface area (Å²) in [7, 11) is 1.57. The third-order valence-corrected chi connectivity index (χ3v) is 3.38. The molecule has 2 N–H and O–H groups in total. The van der Waals surface area contributed by atoms with Crippen molar-refractivity contribution in [3.05, 3.63) is 53.9 Å². The first-order chi connectivity index (χ1) is 11.0. The van der Waals surface area contributed by atoms with Gasteiger partial charge in [-0.25, -0.2) is 4.79 Å². The second-order valence-corrected chi connectivity index (χ2v) is 5.24. The van der Waals surface area contributed by atoms with Gasteiger partial charge in [-0.05, 0) is 17.2 Å². The largest absolute Gasteiger partial charge is 0.481 e.